The van der Waals surface area contributed by atoms with E-state index in [1.54, 1.807) is 18.2 Å². The highest BCUT2D eigenvalue weighted by atomic mass is 16.5. The van der Waals surface area contributed by atoms with E-state index in [4.69, 9.17) is 4.74 Å². The zero-order chi connectivity index (χ0) is 13.0. The number of carbonyl (C=O) groups excluding carboxylic acids is 1. The maximum absolute atomic E-state index is 11.9. The van der Waals surface area contributed by atoms with Crippen molar-refractivity contribution >= 4 is 5.91 Å². The highest BCUT2D eigenvalue weighted by Crippen LogP contribution is 2.22. The molecule has 0 bridgehead atoms. The monoisotopic (exact) mass is 249 g/mol. The van der Waals surface area contributed by atoms with Gasteiger partial charge in [-0.2, -0.15) is 0 Å². The first-order valence-corrected chi connectivity index (χ1v) is 6.39. The standard InChI is InChI=1S/C14H19NO3/c1-2-13-11(6-7-18-13)9-15-14(17)10-4-3-5-12(16)8-10/h3-5,8,11,13,16H,2,6-7,9H2,1H3,(H,15,17). The van der Waals surface area contributed by atoms with E-state index in [-0.39, 0.29) is 17.8 Å². The zero-order valence-electron chi connectivity index (χ0n) is 10.6. The Labute approximate surface area is 107 Å². The van der Waals surface area contributed by atoms with Gasteiger partial charge in [-0.25, -0.2) is 0 Å². The Bertz CT molecular complexity index is 419. The Balaban J connectivity index is 1.88. The van der Waals surface area contributed by atoms with Crippen LogP contribution in [0.5, 0.6) is 5.75 Å². The number of ether oxygens (including phenoxy) is 1. The molecule has 4 heteroatoms. The van der Waals surface area contributed by atoms with Crippen LogP contribution in [-0.4, -0.2) is 30.3 Å². The molecule has 1 fully saturated rings. The minimum Gasteiger partial charge on any atom is -0.508 e. The fourth-order valence-corrected chi connectivity index (χ4v) is 2.35. The summed E-state index contributed by atoms with van der Waals surface area (Å²) in [7, 11) is 0. The lowest BCUT2D eigenvalue weighted by molar-refractivity contribution is 0.0826. The summed E-state index contributed by atoms with van der Waals surface area (Å²) in [5.74, 6) is 0.363. The van der Waals surface area contributed by atoms with Gasteiger partial charge in [0.1, 0.15) is 5.75 Å². The Morgan fingerprint density at radius 1 is 1.56 bits per heavy atom. The molecule has 1 aliphatic heterocycles. The summed E-state index contributed by atoms with van der Waals surface area (Å²) in [6.45, 7) is 3.51. The van der Waals surface area contributed by atoms with Crippen LogP contribution in [0.1, 0.15) is 30.1 Å². The Morgan fingerprint density at radius 3 is 3.11 bits per heavy atom. The normalized spacial score (nSPS) is 22.9. The largest absolute Gasteiger partial charge is 0.508 e. The Kier molecular flexibility index (Phi) is 4.20. The maximum atomic E-state index is 11.9. The van der Waals surface area contributed by atoms with E-state index in [0.29, 0.717) is 18.0 Å². The van der Waals surface area contributed by atoms with Gasteiger partial charge < -0.3 is 15.2 Å². The lowest BCUT2D eigenvalue weighted by Crippen LogP contribution is -2.32. The van der Waals surface area contributed by atoms with Crippen molar-refractivity contribution in [1.82, 2.24) is 5.32 Å². The molecule has 1 saturated heterocycles. The summed E-state index contributed by atoms with van der Waals surface area (Å²) >= 11 is 0. The van der Waals surface area contributed by atoms with Gasteiger partial charge in [0.05, 0.1) is 6.10 Å². The van der Waals surface area contributed by atoms with Crippen LogP contribution in [0.2, 0.25) is 0 Å². The number of hydrogen-bond donors (Lipinski definition) is 2. The number of nitrogens with one attached hydrogen (secondary N) is 1. The summed E-state index contributed by atoms with van der Waals surface area (Å²) in [4.78, 5) is 11.9. The number of hydrogen-bond acceptors (Lipinski definition) is 3. The fraction of sp³-hybridized carbons (Fsp3) is 0.500. The van der Waals surface area contributed by atoms with Crippen molar-refractivity contribution in [2.45, 2.75) is 25.9 Å². The molecule has 98 valence electrons. The number of amides is 1. The van der Waals surface area contributed by atoms with Crippen molar-refractivity contribution in [3.63, 3.8) is 0 Å². The molecule has 2 rings (SSSR count). The molecule has 0 saturated carbocycles. The van der Waals surface area contributed by atoms with Gasteiger partial charge in [-0.3, -0.25) is 4.79 Å². The van der Waals surface area contributed by atoms with E-state index in [1.807, 2.05) is 0 Å². The topological polar surface area (TPSA) is 58.6 Å². The average molecular weight is 249 g/mol. The van der Waals surface area contributed by atoms with Crippen LogP contribution in [0, 0.1) is 5.92 Å². The molecule has 2 N–H and O–H groups in total. The maximum Gasteiger partial charge on any atom is 0.251 e. The summed E-state index contributed by atoms with van der Waals surface area (Å²) in [5.41, 5.74) is 0.488. The van der Waals surface area contributed by atoms with Crippen molar-refractivity contribution in [2.75, 3.05) is 13.2 Å². The smallest absolute Gasteiger partial charge is 0.251 e. The molecule has 18 heavy (non-hydrogen) atoms. The van der Waals surface area contributed by atoms with Gasteiger partial charge >= 0.3 is 0 Å². The van der Waals surface area contributed by atoms with Crippen LogP contribution in [0.25, 0.3) is 0 Å². The zero-order valence-corrected chi connectivity index (χ0v) is 10.6. The van der Waals surface area contributed by atoms with Crippen LogP contribution in [0.4, 0.5) is 0 Å². The first-order valence-electron chi connectivity index (χ1n) is 6.39. The first-order chi connectivity index (χ1) is 8.70. The molecule has 4 nitrogen and oxygen atoms in total. The predicted octanol–water partition coefficient (Wildman–Crippen LogP) is 1.94. The minimum atomic E-state index is -0.146. The number of rotatable bonds is 4. The third-order valence-corrected chi connectivity index (χ3v) is 3.38. The molecule has 0 aromatic heterocycles. The number of benzene rings is 1. The van der Waals surface area contributed by atoms with Crippen molar-refractivity contribution in [3.8, 4) is 5.75 Å². The van der Waals surface area contributed by atoms with Gasteiger partial charge in [0.25, 0.3) is 5.91 Å². The molecule has 1 aliphatic rings. The summed E-state index contributed by atoms with van der Waals surface area (Å²) in [6.07, 6.45) is 2.24. The van der Waals surface area contributed by atoms with Crippen molar-refractivity contribution in [2.24, 2.45) is 5.92 Å². The Hall–Kier alpha value is -1.55. The highest BCUT2D eigenvalue weighted by Gasteiger charge is 2.26. The molecule has 2 atom stereocenters. The molecule has 1 aromatic carbocycles. The number of phenols is 1. The molecule has 1 heterocycles. The van der Waals surface area contributed by atoms with Gasteiger partial charge in [-0.05, 0) is 31.0 Å². The molecule has 1 amide bonds. The predicted molar refractivity (Wildman–Crippen MR) is 68.6 cm³/mol. The van der Waals surface area contributed by atoms with Gasteiger partial charge in [0.2, 0.25) is 0 Å². The average Bonchev–Trinajstić information content (AvgIpc) is 2.83. The molecule has 2 unspecified atom stereocenters. The van der Waals surface area contributed by atoms with E-state index >= 15 is 0 Å². The van der Waals surface area contributed by atoms with Crippen molar-refractivity contribution in [3.05, 3.63) is 29.8 Å². The van der Waals surface area contributed by atoms with Crippen molar-refractivity contribution in [1.29, 1.82) is 0 Å². The summed E-state index contributed by atoms with van der Waals surface area (Å²) < 4.78 is 5.58. The van der Waals surface area contributed by atoms with Crippen LogP contribution in [0.15, 0.2) is 24.3 Å². The fourth-order valence-electron chi connectivity index (χ4n) is 2.35. The third-order valence-electron chi connectivity index (χ3n) is 3.38. The summed E-state index contributed by atoms with van der Waals surface area (Å²) in [5, 5.41) is 12.2. The second-order valence-corrected chi connectivity index (χ2v) is 4.63. The highest BCUT2D eigenvalue weighted by molar-refractivity contribution is 5.94. The van der Waals surface area contributed by atoms with Crippen molar-refractivity contribution < 1.29 is 14.6 Å². The number of phenolic OH excluding ortho intramolecular Hbond substituents is 1. The Morgan fingerprint density at radius 2 is 2.39 bits per heavy atom. The molecule has 0 aliphatic carbocycles. The lowest BCUT2D eigenvalue weighted by atomic mass is 9.99. The number of carbonyl (C=O) groups is 1. The second kappa shape index (κ2) is 5.87. The quantitative estimate of drug-likeness (QED) is 0.857. The van der Waals surface area contributed by atoms with E-state index in [1.165, 1.54) is 6.07 Å². The number of aromatic hydroxyl groups is 1. The van der Waals surface area contributed by atoms with E-state index < -0.39 is 0 Å². The minimum absolute atomic E-state index is 0.110. The molecule has 0 spiro atoms. The SMILES string of the molecule is CCC1OCCC1CNC(=O)c1cccc(O)c1. The van der Waals surface area contributed by atoms with Crippen LogP contribution < -0.4 is 5.32 Å². The van der Waals surface area contributed by atoms with E-state index in [9.17, 15) is 9.90 Å². The van der Waals surface area contributed by atoms with Gasteiger partial charge in [0.15, 0.2) is 0 Å². The molecular weight excluding hydrogens is 230 g/mol. The van der Waals surface area contributed by atoms with E-state index in [0.717, 1.165) is 19.4 Å². The molecular formula is C14H19NO3. The van der Waals surface area contributed by atoms with Gasteiger partial charge in [0, 0.05) is 24.6 Å². The third kappa shape index (κ3) is 3.01. The van der Waals surface area contributed by atoms with Crippen LogP contribution in [-0.2, 0) is 4.74 Å². The van der Waals surface area contributed by atoms with Gasteiger partial charge in [-0.1, -0.05) is 13.0 Å². The van der Waals surface area contributed by atoms with Crippen LogP contribution in [0.3, 0.4) is 0 Å². The molecule has 1 aromatic rings. The first kappa shape index (κ1) is 12.9. The van der Waals surface area contributed by atoms with Gasteiger partial charge in [-0.15, -0.1) is 0 Å². The second-order valence-electron chi connectivity index (χ2n) is 4.63. The molecule has 0 radical (unpaired) electrons. The lowest BCUT2D eigenvalue weighted by Gasteiger charge is -2.17. The summed E-state index contributed by atoms with van der Waals surface area (Å²) in [6, 6.07) is 6.38. The van der Waals surface area contributed by atoms with Crippen LogP contribution >= 0.6 is 0 Å². The van der Waals surface area contributed by atoms with E-state index in [2.05, 4.69) is 12.2 Å².